The molecule has 0 saturated carbocycles. The molecule has 2 aromatic carbocycles. The number of benzene rings is 2. The summed E-state index contributed by atoms with van der Waals surface area (Å²) in [4.78, 5) is 23.7. The van der Waals surface area contributed by atoms with E-state index in [0.717, 1.165) is 32.8 Å². The lowest BCUT2D eigenvalue weighted by atomic mass is 10.0. The fraction of sp³-hybridized carbons (Fsp3) is 0.208. The Bertz CT molecular complexity index is 1230. The number of hydrogen-bond donors (Lipinski definition) is 0. The lowest BCUT2D eigenvalue weighted by Gasteiger charge is -2.07. The van der Waals surface area contributed by atoms with Gasteiger partial charge in [0.05, 0.1) is 11.1 Å². The first-order chi connectivity index (χ1) is 14.5. The number of nitrogens with zero attached hydrogens (tertiary/aromatic N) is 2. The summed E-state index contributed by atoms with van der Waals surface area (Å²) in [7, 11) is 0. The standard InChI is InChI=1S/C24H21FN2OS2/c1-4-16-5-7-17(8-6-16)21-15(3)30-24-22(21)23(26-13-27-24)29-12-20(28)18-9-10-19(25)14(2)11-18/h5-11,13H,4,12H2,1-3H3. The summed E-state index contributed by atoms with van der Waals surface area (Å²) >= 11 is 3.05. The number of carbonyl (C=O) groups excluding carboxylic acids is 1. The zero-order valence-electron chi connectivity index (χ0n) is 17.0. The van der Waals surface area contributed by atoms with Gasteiger partial charge in [-0.1, -0.05) is 43.0 Å². The molecule has 0 aliphatic carbocycles. The van der Waals surface area contributed by atoms with E-state index in [1.54, 1.807) is 30.7 Å². The summed E-state index contributed by atoms with van der Waals surface area (Å²) in [5.41, 5.74) is 4.55. The minimum absolute atomic E-state index is 0.0457. The number of aryl methyl sites for hydroxylation is 3. The Hall–Kier alpha value is -2.57. The number of ketones is 1. The second-order valence-corrected chi connectivity index (χ2v) is 9.29. The molecule has 0 bridgehead atoms. The van der Waals surface area contributed by atoms with Crippen molar-refractivity contribution < 1.29 is 9.18 Å². The molecule has 0 radical (unpaired) electrons. The average molecular weight is 437 g/mol. The van der Waals surface area contributed by atoms with E-state index in [4.69, 9.17) is 0 Å². The van der Waals surface area contributed by atoms with Gasteiger partial charge in [0, 0.05) is 16.0 Å². The van der Waals surface area contributed by atoms with Gasteiger partial charge in [0.1, 0.15) is 22.0 Å². The van der Waals surface area contributed by atoms with Gasteiger partial charge < -0.3 is 0 Å². The summed E-state index contributed by atoms with van der Waals surface area (Å²) < 4.78 is 13.5. The molecule has 30 heavy (non-hydrogen) atoms. The second-order valence-electron chi connectivity index (χ2n) is 7.12. The molecule has 2 aromatic heterocycles. The first-order valence-corrected chi connectivity index (χ1v) is 11.5. The van der Waals surface area contributed by atoms with Gasteiger partial charge in [-0.05, 0) is 55.2 Å². The third kappa shape index (κ3) is 4.02. The predicted molar refractivity (Wildman–Crippen MR) is 123 cm³/mol. The number of rotatable bonds is 6. The zero-order chi connectivity index (χ0) is 21.3. The molecular weight excluding hydrogens is 415 g/mol. The number of aromatic nitrogens is 2. The maximum atomic E-state index is 13.5. The molecule has 0 fully saturated rings. The lowest BCUT2D eigenvalue weighted by molar-refractivity contribution is 0.102. The normalized spacial score (nSPS) is 11.2. The Balaban J connectivity index is 1.67. The molecule has 0 spiro atoms. The van der Waals surface area contributed by atoms with Crippen LogP contribution < -0.4 is 0 Å². The summed E-state index contributed by atoms with van der Waals surface area (Å²) in [6.07, 6.45) is 2.55. The Morgan fingerprint density at radius 3 is 2.57 bits per heavy atom. The highest BCUT2D eigenvalue weighted by Gasteiger charge is 2.18. The molecule has 0 aliphatic heterocycles. The fourth-order valence-corrected chi connectivity index (χ4v) is 5.39. The van der Waals surface area contributed by atoms with Crippen molar-refractivity contribution in [3.05, 3.63) is 76.2 Å². The van der Waals surface area contributed by atoms with Crippen LogP contribution >= 0.6 is 23.1 Å². The molecule has 0 unspecified atom stereocenters. The van der Waals surface area contributed by atoms with Crippen molar-refractivity contribution >= 4 is 39.1 Å². The average Bonchev–Trinajstić information content (AvgIpc) is 3.10. The van der Waals surface area contributed by atoms with E-state index >= 15 is 0 Å². The van der Waals surface area contributed by atoms with Gasteiger partial charge in [-0.3, -0.25) is 4.79 Å². The highest BCUT2D eigenvalue weighted by atomic mass is 32.2. The molecule has 4 rings (SSSR count). The Morgan fingerprint density at radius 1 is 1.10 bits per heavy atom. The van der Waals surface area contributed by atoms with Crippen LogP contribution in [-0.2, 0) is 6.42 Å². The van der Waals surface area contributed by atoms with Gasteiger partial charge in [-0.15, -0.1) is 11.3 Å². The summed E-state index contributed by atoms with van der Waals surface area (Å²) in [5, 5.41) is 1.79. The summed E-state index contributed by atoms with van der Waals surface area (Å²) in [6, 6.07) is 13.1. The van der Waals surface area contributed by atoms with Gasteiger partial charge >= 0.3 is 0 Å². The minimum atomic E-state index is -0.302. The number of carbonyl (C=O) groups is 1. The second kappa shape index (κ2) is 8.66. The molecule has 6 heteroatoms. The largest absolute Gasteiger partial charge is 0.293 e. The van der Waals surface area contributed by atoms with Gasteiger partial charge in [0.25, 0.3) is 0 Å². The SMILES string of the molecule is CCc1ccc(-c2c(C)sc3ncnc(SCC(=O)c4ccc(F)c(C)c4)c23)cc1. The van der Waals surface area contributed by atoms with E-state index in [1.807, 2.05) is 0 Å². The maximum absolute atomic E-state index is 13.5. The van der Waals surface area contributed by atoms with Crippen molar-refractivity contribution in [1.82, 2.24) is 9.97 Å². The summed E-state index contributed by atoms with van der Waals surface area (Å²) in [5.74, 6) is -0.111. The van der Waals surface area contributed by atoms with Crippen LogP contribution in [0.1, 0.15) is 33.3 Å². The van der Waals surface area contributed by atoms with Crippen LogP contribution in [0.4, 0.5) is 4.39 Å². The molecule has 0 aliphatic rings. The van der Waals surface area contributed by atoms with Crippen LogP contribution in [0.25, 0.3) is 21.3 Å². The molecule has 0 atom stereocenters. The Kier molecular flexibility index (Phi) is 5.97. The topological polar surface area (TPSA) is 42.9 Å². The van der Waals surface area contributed by atoms with Gasteiger partial charge in [-0.25, -0.2) is 14.4 Å². The first-order valence-electron chi connectivity index (χ1n) is 9.73. The highest BCUT2D eigenvalue weighted by Crippen LogP contribution is 2.41. The van der Waals surface area contributed by atoms with E-state index in [1.165, 1.54) is 34.3 Å². The third-order valence-corrected chi connectivity index (χ3v) is 7.10. The lowest BCUT2D eigenvalue weighted by Crippen LogP contribution is -2.04. The van der Waals surface area contributed by atoms with Crippen molar-refractivity contribution in [1.29, 1.82) is 0 Å². The number of thioether (sulfide) groups is 1. The molecule has 0 amide bonds. The van der Waals surface area contributed by atoms with Crippen molar-refractivity contribution in [2.45, 2.75) is 32.2 Å². The molecular formula is C24H21FN2OS2. The van der Waals surface area contributed by atoms with Crippen LogP contribution in [0.5, 0.6) is 0 Å². The smallest absolute Gasteiger partial charge is 0.173 e. The van der Waals surface area contributed by atoms with E-state index in [0.29, 0.717) is 11.1 Å². The third-order valence-electron chi connectivity index (χ3n) is 5.10. The molecule has 152 valence electrons. The van der Waals surface area contributed by atoms with Crippen molar-refractivity contribution in [2.75, 3.05) is 5.75 Å². The van der Waals surface area contributed by atoms with Gasteiger partial charge in [0.15, 0.2) is 5.78 Å². The van der Waals surface area contributed by atoms with E-state index in [-0.39, 0.29) is 17.4 Å². The van der Waals surface area contributed by atoms with Gasteiger partial charge in [0.2, 0.25) is 0 Å². The monoisotopic (exact) mass is 436 g/mol. The molecule has 2 heterocycles. The van der Waals surface area contributed by atoms with E-state index in [9.17, 15) is 9.18 Å². The number of Topliss-reactive ketones (excluding diaryl/α,β-unsaturated/α-hetero) is 1. The summed E-state index contributed by atoms with van der Waals surface area (Å²) in [6.45, 7) is 5.90. The van der Waals surface area contributed by atoms with Crippen LogP contribution in [0.3, 0.4) is 0 Å². The van der Waals surface area contributed by atoms with Crippen molar-refractivity contribution in [3.63, 3.8) is 0 Å². The van der Waals surface area contributed by atoms with E-state index < -0.39 is 0 Å². The van der Waals surface area contributed by atoms with Crippen LogP contribution in [0.15, 0.2) is 53.8 Å². The highest BCUT2D eigenvalue weighted by molar-refractivity contribution is 8.00. The number of fused-ring (bicyclic) bond motifs is 1. The molecule has 0 saturated heterocycles. The van der Waals surface area contributed by atoms with Crippen molar-refractivity contribution in [2.24, 2.45) is 0 Å². The minimum Gasteiger partial charge on any atom is -0.293 e. The maximum Gasteiger partial charge on any atom is 0.173 e. The Morgan fingerprint density at radius 2 is 1.87 bits per heavy atom. The molecule has 4 aromatic rings. The quantitative estimate of drug-likeness (QED) is 0.193. The van der Waals surface area contributed by atoms with Crippen LogP contribution in [-0.4, -0.2) is 21.5 Å². The fourth-order valence-electron chi connectivity index (χ4n) is 3.42. The molecule has 3 nitrogen and oxygen atoms in total. The predicted octanol–water partition coefficient (Wildman–Crippen LogP) is 6.65. The Labute approximate surface area is 183 Å². The number of halogens is 1. The number of hydrogen-bond acceptors (Lipinski definition) is 5. The number of thiophene rings is 1. The van der Waals surface area contributed by atoms with Crippen LogP contribution in [0.2, 0.25) is 0 Å². The zero-order valence-corrected chi connectivity index (χ0v) is 18.7. The van der Waals surface area contributed by atoms with Crippen molar-refractivity contribution in [3.8, 4) is 11.1 Å². The van der Waals surface area contributed by atoms with Gasteiger partial charge in [-0.2, -0.15) is 0 Å². The van der Waals surface area contributed by atoms with E-state index in [2.05, 4.69) is 48.1 Å². The first kappa shape index (κ1) is 20.7. The van der Waals surface area contributed by atoms with Crippen LogP contribution in [0, 0.1) is 19.7 Å². The molecule has 0 N–H and O–H groups in total.